The Kier molecular flexibility index (Phi) is 15.4. The van der Waals surface area contributed by atoms with Gasteiger partial charge in [0.2, 0.25) is 0 Å². The van der Waals surface area contributed by atoms with Crippen molar-refractivity contribution in [2.45, 2.75) is 123 Å². The smallest absolute Gasteiger partial charge is 0.407 e. The average Bonchev–Trinajstić information content (AvgIpc) is 3.16. The average molecular weight is 582 g/mol. The highest BCUT2D eigenvalue weighted by molar-refractivity contribution is 9.09. The molecule has 1 amide bonds. The molecule has 10 heteroatoms. The maximum absolute atomic E-state index is 13.5. The number of alkyl halides is 1. The lowest BCUT2D eigenvalue weighted by Gasteiger charge is -2.30. The van der Waals surface area contributed by atoms with E-state index in [1.54, 1.807) is 20.8 Å². The summed E-state index contributed by atoms with van der Waals surface area (Å²) in [5.74, 6) is 0.443. The van der Waals surface area contributed by atoms with Gasteiger partial charge in [-0.1, -0.05) is 62.9 Å². The number of hydrogen-bond acceptors (Lipinski definition) is 4. The van der Waals surface area contributed by atoms with Gasteiger partial charge in [-0.15, -0.1) is 0 Å². The van der Waals surface area contributed by atoms with Gasteiger partial charge in [0.15, 0.2) is 0 Å². The number of amides is 1. The van der Waals surface area contributed by atoms with Crippen molar-refractivity contribution < 1.29 is 18.3 Å². The Hall–Kier alpha value is -1.71. The minimum absolute atomic E-state index is 0.400. The van der Waals surface area contributed by atoms with Crippen LogP contribution in [0.4, 0.5) is 13.6 Å². The van der Waals surface area contributed by atoms with Gasteiger partial charge in [0.1, 0.15) is 11.9 Å². The first-order chi connectivity index (χ1) is 16.7. The van der Waals surface area contributed by atoms with Crippen molar-refractivity contribution in [3.8, 4) is 0 Å². The fourth-order valence-corrected chi connectivity index (χ4v) is 4.13. The van der Waals surface area contributed by atoms with Gasteiger partial charge in [-0.25, -0.2) is 14.3 Å². The quantitative estimate of drug-likeness (QED) is 0.249. The first-order valence-corrected chi connectivity index (χ1v) is 13.9. The molecule has 1 N–H and O–H groups in total. The largest absolute Gasteiger partial charge is 0.444 e. The lowest BCUT2D eigenvalue weighted by atomic mass is 9.85. The maximum atomic E-state index is 13.5. The zero-order chi connectivity index (χ0) is 28.1. The Labute approximate surface area is 224 Å². The van der Waals surface area contributed by atoms with Crippen LogP contribution in [-0.2, 0) is 16.8 Å². The highest BCUT2D eigenvalue weighted by atomic mass is 79.9. The first-order valence-electron chi connectivity index (χ1n) is 13.0. The van der Waals surface area contributed by atoms with E-state index in [0.717, 1.165) is 43.2 Å². The standard InChI is InChI=1S/C24H41BrF2N4O3.C2H6/c1-8-17(11-10-12-19(25)9-2)13-24(6,7)30-16-29-31(22(30)33)15-18(20(26)27)14-28-21(32)34-23(3,4)5;1-2/h16-17,19H,8-15H2,1-7H3,(H,28,32);1-2H3. The number of nitrogens with one attached hydrogen (secondary N) is 1. The van der Waals surface area contributed by atoms with Crippen LogP contribution in [-0.4, -0.2) is 37.4 Å². The van der Waals surface area contributed by atoms with E-state index in [2.05, 4.69) is 40.2 Å². The van der Waals surface area contributed by atoms with Crippen LogP contribution in [0.5, 0.6) is 0 Å². The molecule has 210 valence electrons. The van der Waals surface area contributed by atoms with Crippen molar-refractivity contribution in [2.24, 2.45) is 5.92 Å². The van der Waals surface area contributed by atoms with E-state index in [0.29, 0.717) is 10.7 Å². The molecule has 0 spiro atoms. The Bertz CT molecular complexity index is 871. The van der Waals surface area contributed by atoms with Gasteiger partial charge in [-0.2, -0.15) is 13.9 Å². The number of aromatic nitrogens is 3. The van der Waals surface area contributed by atoms with E-state index in [-0.39, 0.29) is 0 Å². The number of carbonyl (C=O) groups is 1. The third-order valence-electron chi connectivity index (χ3n) is 5.78. The Morgan fingerprint density at radius 3 is 2.25 bits per heavy atom. The summed E-state index contributed by atoms with van der Waals surface area (Å²) in [6.45, 7) is 16.4. The topological polar surface area (TPSA) is 78.2 Å². The summed E-state index contributed by atoms with van der Waals surface area (Å²) in [4.78, 5) is 25.3. The monoisotopic (exact) mass is 580 g/mol. The van der Waals surface area contributed by atoms with Gasteiger partial charge >= 0.3 is 11.8 Å². The molecular weight excluding hydrogens is 534 g/mol. The number of carbonyl (C=O) groups excluding carboxylic acids is 1. The highest BCUT2D eigenvalue weighted by Crippen LogP contribution is 2.29. The van der Waals surface area contributed by atoms with Crippen molar-refractivity contribution in [3.63, 3.8) is 0 Å². The number of nitrogens with zero attached hydrogens (tertiary/aromatic N) is 3. The second kappa shape index (κ2) is 16.2. The van der Waals surface area contributed by atoms with Gasteiger partial charge in [0, 0.05) is 22.5 Å². The van der Waals surface area contributed by atoms with E-state index in [9.17, 15) is 18.4 Å². The number of halogens is 3. The summed E-state index contributed by atoms with van der Waals surface area (Å²) in [6, 6.07) is 0. The molecule has 36 heavy (non-hydrogen) atoms. The van der Waals surface area contributed by atoms with Gasteiger partial charge in [-0.3, -0.25) is 4.57 Å². The van der Waals surface area contributed by atoms with Crippen LogP contribution in [0.2, 0.25) is 0 Å². The molecule has 1 rings (SSSR count). The van der Waals surface area contributed by atoms with Gasteiger partial charge in [0.05, 0.1) is 6.54 Å². The lowest BCUT2D eigenvalue weighted by molar-refractivity contribution is 0.0531. The second-order valence-corrected chi connectivity index (χ2v) is 11.7. The zero-order valence-electron chi connectivity index (χ0n) is 23.6. The number of alkyl carbamates (subject to hydrolysis) is 1. The van der Waals surface area contributed by atoms with Crippen LogP contribution in [0.25, 0.3) is 0 Å². The summed E-state index contributed by atoms with van der Waals surface area (Å²) in [5.41, 5.74) is -2.11. The molecule has 0 saturated heterocycles. The van der Waals surface area contributed by atoms with Crippen LogP contribution in [0.1, 0.15) is 101 Å². The Morgan fingerprint density at radius 2 is 1.75 bits per heavy atom. The van der Waals surface area contributed by atoms with Gasteiger partial charge < -0.3 is 10.1 Å². The van der Waals surface area contributed by atoms with Crippen molar-refractivity contribution in [1.29, 1.82) is 0 Å². The van der Waals surface area contributed by atoms with Gasteiger partial charge in [-0.05, 0) is 59.8 Å². The summed E-state index contributed by atoms with van der Waals surface area (Å²) in [5, 5.41) is 6.38. The van der Waals surface area contributed by atoms with Crippen molar-refractivity contribution in [1.82, 2.24) is 19.7 Å². The molecule has 0 fully saturated rings. The summed E-state index contributed by atoms with van der Waals surface area (Å²) in [7, 11) is 0. The molecule has 7 nitrogen and oxygen atoms in total. The maximum Gasteiger partial charge on any atom is 0.407 e. The fraction of sp³-hybridized carbons (Fsp3) is 0.808. The minimum atomic E-state index is -1.96. The third kappa shape index (κ3) is 12.5. The highest BCUT2D eigenvalue weighted by Gasteiger charge is 2.28. The zero-order valence-corrected chi connectivity index (χ0v) is 25.2. The molecule has 1 aromatic heterocycles. The van der Waals surface area contributed by atoms with Gasteiger partial charge in [0.25, 0.3) is 6.08 Å². The normalized spacial score (nSPS) is 13.3. The van der Waals surface area contributed by atoms with Crippen LogP contribution < -0.4 is 11.0 Å². The van der Waals surface area contributed by atoms with Crippen LogP contribution in [0.15, 0.2) is 22.8 Å². The van der Waals surface area contributed by atoms with Crippen molar-refractivity contribution in [2.75, 3.05) is 6.54 Å². The Balaban J connectivity index is 0.00000596. The molecule has 1 aromatic rings. The van der Waals surface area contributed by atoms with E-state index in [4.69, 9.17) is 4.74 Å². The molecule has 0 aliphatic rings. The van der Waals surface area contributed by atoms with E-state index < -0.39 is 47.7 Å². The van der Waals surface area contributed by atoms with Crippen LogP contribution in [0, 0.1) is 5.92 Å². The predicted octanol–water partition coefficient (Wildman–Crippen LogP) is 7.24. The third-order valence-corrected chi connectivity index (χ3v) is 6.88. The van der Waals surface area contributed by atoms with E-state index in [1.165, 1.54) is 10.9 Å². The SMILES string of the molecule is CC.CCC(Br)CCCC(CC)CC(C)(C)n1cnn(CC(CNC(=O)OC(C)(C)C)=C(F)F)c1=O. The number of hydrogen-bond donors (Lipinski definition) is 1. The molecular formula is C26H47BrF2N4O3. The molecule has 0 radical (unpaired) electrons. The van der Waals surface area contributed by atoms with Crippen LogP contribution >= 0.6 is 15.9 Å². The fourth-order valence-electron chi connectivity index (χ4n) is 3.80. The number of rotatable bonds is 13. The van der Waals surface area contributed by atoms with E-state index in [1.807, 2.05) is 27.7 Å². The van der Waals surface area contributed by atoms with E-state index >= 15 is 0 Å². The summed E-state index contributed by atoms with van der Waals surface area (Å²) >= 11 is 3.68. The lowest BCUT2D eigenvalue weighted by Crippen LogP contribution is -2.39. The molecule has 2 atom stereocenters. The molecule has 0 aromatic carbocycles. The minimum Gasteiger partial charge on any atom is -0.444 e. The Morgan fingerprint density at radius 1 is 1.14 bits per heavy atom. The molecule has 0 aliphatic heterocycles. The second-order valence-electron chi connectivity index (χ2n) is 10.4. The number of ether oxygens (including phenoxy) is 1. The first kappa shape index (κ1) is 34.3. The molecule has 0 bridgehead atoms. The summed E-state index contributed by atoms with van der Waals surface area (Å²) in [6.07, 6.45) is 4.84. The predicted molar refractivity (Wildman–Crippen MR) is 146 cm³/mol. The van der Waals surface area contributed by atoms with Crippen molar-refractivity contribution in [3.05, 3.63) is 28.5 Å². The molecule has 0 saturated carbocycles. The van der Waals surface area contributed by atoms with Crippen molar-refractivity contribution >= 4 is 22.0 Å². The molecule has 0 aliphatic carbocycles. The summed E-state index contributed by atoms with van der Waals surface area (Å²) < 4.78 is 34.6. The molecule has 2 unspecified atom stereocenters. The molecule has 1 heterocycles. The van der Waals surface area contributed by atoms with Crippen LogP contribution in [0.3, 0.4) is 0 Å².